The van der Waals surface area contributed by atoms with Crippen molar-refractivity contribution in [1.82, 2.24) is 0 Å². The molecule has 0 saturated carbocycles. The Bertz CT molecular complexity index is 906. The van der Waals surface area contributed by atoms with Crippen LogP contribution in [0.25, 0.3) is 0 Å². The van der Waals surface area contributed by atoms with E-state index in [-0.39, 0.29) is 17.4 Å². The van der Waals surface area contributed by atoms with Gasteiger partial charge in [-0.2, -0.15) is 0 Å². The molecule has 0 spiro atoms. The molecule has 2 aromatic carbocycles. The summed E-state index contributed by atoms with van der Waals surface area (Å²) in [4.78, 5) is 23.2. The van der Waals surface area contributed by atoms with Crippen LogP contribution in [0.5, 0.6) is 11.5 Å². The van der Waals surface area contributed by atoms with Crippen LogP contribution in [0.4, 0.5) is 5.69 Å². The Labute approximate surface area is 160 Å². The molecule has 0 fully saturated rings. The molecule has 6 nitrogen and oxygen atoms in total. The highest BCUT2D eigenvalue weighted by Gasteiger charge is 2.13. The van der Waals surface area contributed by atoms with Gasteiger partial charge in [0.05, 0.1) is 6.61 Å². The first-order valence-corrected chi connectivity index (χ1v) is 9.00. The molecule has 0 bridgehead atoms. The molecule has 0 saturated heterocycles. The van der Waals surface area contributed by atoms with Crippen molar-refractivity contribution in [2.24, 2.45) is 0 Å². The molecule has 27 heavy (non-hydrogen) atoms. The predicted molar refractivity (Wildman–Crippen MR) is 103 cm³/mol. The van der Waals surface area contributed by atoms with E-state index in [1.54, 1.807) is 35.7 Å². The minimum Gasteiger partial charge on any atom is -0.477 e. The van der Waals surface area contributed by atoms with Gasteiger partial charge in [-0.15, -0.1) is 11.3 Å². The molecule has 2 N–H and O–H groups in total. The van der Waals surface area contributed by atoms with Gasteiger partial charge in [0.25, 0.3) is 0 Å². The lowest BCUT2D eigenvalue weighted by atomic mass is 10.2. The number of hydrogen-bond donors (Lipinski definition) is 2. The Kier molecular flexibility index (Phi) is 6.19. The summed E-state index contributed by atoms with van der Waals surface area (Å²) in [5.74, 6) is -0.516. The molecule has 0 aliphatic carbocycles. The summed E-state index contributed by atoms with van der Waals surface area (Å²) in [7, 11) is 0. The normalized spacial score (nSPS) is 10.4. The highest BCUT2D eigenvalue weighted by Crippen LogP contribution is 2.30. The highest BCUT2D eigenvalue weighted by molar-refractivity contribution is 7.12. The summed E-state index contributed by atoms with van der Waals surface area (Å²) >= 11 is 1.10. The first-order chi connectivity index (χ1) is 13.1. The van der Waals surface area contributed by atoms with Crippen LogP contribution in [-0.4, -0.2) is 23.6 Å². The molecule has 0 atom stereocenters. The number of carboxylic acid groups (broad SMARTS) is 1. The average molecular weight is 383 g/mol. The molecule has 1 aromatic heterocycles. The standard InChI is InChI=1S/C20H17NO5S/c22-18(13-25-12-14-4-2-1-3-5-14)21-15-6-8-16(9-7-15)26-17-10-11-27-19(17)20(23)24/h1-11H,12-13H2,(H,21,22)(H,23,24). The highest BCUT2D eigenvalue weighted by atomic mass is 32.1. The number of nitrogens with one attached hydrogen (secondary N) is 1. The topological polar surface area (TPSA) is 84.9 Å². The minimum absolute atomic E-state index is 0.0516. The van der Waals surface area contributed by atoms with Gasteiger partial charge < -0.3 is 19.9 Å². The second-order valence-electron chi connectivity index (χ2n) is 5.57. The number of carboxylic acids is 1. The minimum atomic E-state index is -1.03. The van der Waals surface area contributed by atoms with Crippen LogP contribution in [-0.2, 0) is 16.1 Å². The lowest BCUT2D eigenvalue weighted by Gasteiger charge is -2.08. The van der Waals surface area contributed by atoms with Gasteiger partial charge in [0.2, 0.25) is 5.91 Å². The number of hydrogen-bond acceptors (Lipinski definition) is 5. The maximum Gasteiger partial charge on any atom is 0.349 e. The van der Waals surface area contributed by atoms with Crippen molar-refractivity contribution in [2.75, 3.05) is 11.9 Å². The number of benzene rings is 2. The summed E-state index contributed by atoms with van der Waals surface area (Å²) < 4.78 is 11.0. The van der Waals surface area contributed by atoms with Gasteiger partial charge in [-0.25, -0.2) is 4.79 Å². The summed E-state index contributed by atoms with van der Waals surface area (Å²) in [6, 6.07) is 17.9. The maximum absolute atomic E-state index is 11.9. The molecule has 1 amide bonds. The fourth-order valence-corrected chi connectivity index (χ4v) is 2.95. The second kappa shape index (κ2) is 8.98. The van der Waals surface area contributed by atoms with Crippen molar-refractivity contribution >= 4 is 28.9 Å². The molecule has 0 aliphatic rings. The zero-order chi connectivity index (χ0) is 19.1. The Morgan fingerprint density at radius 3 is 2.44 bits per heavy atom. The Morgan fingerprint density at radius 1 is 1.00 bits per heavy atom. The first kappa shape index (κ1) is 18.6. The fraction of sp³-hybridized carbons (Fsp3) is 0.100. The zero-order valence-electron chi connectivity index (χ0n) is 14.3. The number of aromatic carboxylic acids is 1. The van der Waals surface area contributed by atoms with Crippen LogP contribution >= 0.6 is 11.3 Å². The van der Waals surface area contributed by atoms with E-state index in [1.165, 1.54) is 0 Å². The van der Waals surface area contributed by atoms with Gasteiger partial charge in [0, 0.05) is 5.69 Å². The van der Waals surface area contributed by atoms with Gasteiger partial charge in [0.15, 0.2) is 10.6 Å². The molecule has 3 aromatic rings. The summed E-state index contributed by atoms with van der Waals surface area (Å²) in [6.07, 6.45) is 0. The fourth-order valence-electron chi connectivity index (χ4n) is 2.30. The van der Waals surface area contributed by atoms with E-state index in [0.717, 1.165) is 16.9 Å². The lowest BCUT2D eigenvalue weighted by molar-refractivity contribution is -0.121. The third kappa shape index (κ3) is 5.40. The van der Waals surface area contributed by atoms with Crippen molar-refractivity contribution in [3.05, 3.63) is 76.5 Å². The van der Waals surface area contributed by atoms with Crippen LogP contribution in [0.2, 0.25) is 0 Å². The van der Waals surface area contributed by atoms with Gasteiger partial charge in [-0.05, 0) is 41.3 Å². The number of carbonyl (C=O) groups excluding carboxylic acids is 1. The van der Waals surface area contributed by atoms with E-state index in [2.05, 4.69) is 5.32 Å². The number of thiophene rings is 1. The summed E-state index contributed by atoms with van der Waals surface area (Å²) in [6.45, 7) is 0.317. The van der Waals surface area contributed by atoms with Crippen molar-refractivity contribution in [1.29, 1.82) is 0 Å². The molecule has 0 unspecified atom stereocenters. The lowest BCUT2D eigenvalue weighted by Crippen LogP contribution is -2.18. The monoisotopic (exact) mass is 383 g/mol. The maximum atomic E-state index is 11.9. The smallest absolute Gasteiger partial charge is 0.349 e. The van der Waals surface area contributed by atoms with Crippen LogP contribution in [0.1, 0.15) is 15.2 Å². The molecule has 0 radical (unpaired) electrons. The van der Waals surface area contributed by atoms with E-state index in [0.29, 0.717) is 23.8 Å². The quantitative estimate of drug-likeness (QED) is 0.602. The Balaban J connectivity index is 1.49. The number of carbonyl (C=O) groups is 2. The average Bonchev–Trinajstić information content (AvgIpc) is 3.13. The molecule has 1 heterocycles. The summed E-state index contributed by atoms with van der Waals surface area (Å²) in [5, 5.41) is 13.5. The van der Waals surface area contributed by atoms with Crippen molar-refractivity contribution < 1.29 is 24.2 Å². The van der Waals surface area contributed by atoms with Crippen LogP contribution in [0, 0.1) is 0 Å². The van der Waals surface area contributed by atoms with Gasteiger partial charge in [0.1, 0.15) is 12.4 Å². The first-order valence-electron chi connectivity index (χ1n) is 8.12. The Morgan fingerprint density at radius 2 is 1.74 bits per heavy atom. The number of ether oxygens (including phenoxy) is 2. The molecular formula is C20H17NO5S. The van der Waals surface area contributed by atoms with E-state index < -0.39 is 5.97 Å². The second-order valence-corrected chi connectivity index (χ2v) is 6.49. The predicted octanol–water partition coefficient (Wildman–Crippen LogP) is 4.39. The third-order valence-corrected chi connectivity index (χ3v) is 4.42. The number of amides is 1. The van der Waals surface area contributed by atoms with E-state index >= 15 is 0 Å². The van der Waals surface area contributed by atoms with E-state index in [4.69, 9.17) is 14.6 Å². The zero-order valence-corrected chi connectivity index (χ0v) is 15.1. The van der Waals surface area contributed by atoms with Gasteiger partial charge >= 0.3 is 5.97 Å². The molecule has 138 valence electrons. The Hall–Kier alpha value is -3.16. The summed E-state index contributed by atoms with van der Waals surface area (Å²) in [5.41, 5.74) is 1.60. The molecule has 3 rings (SSSR count). The third-order valence-electron chi connectivity index (χ3n) is 3.53. The SMILES string of the molecule is O=C(COCc1ccccc1)Nc1ccc(Oc2ccsc2C(=O)O)cc1. The van der Waals surface area contributed by atoms with Crippen LogP contribution < -0.4 is 10.1 Å². The van der Waals surface area contributed by atoms with Gasteiger partial charge in [-0.3, -0.25) is 4.79 Å². The van der Waals surface area contributed by atoms with Gasteiger partial charge in [-0.1, -0.05) is 30.3 Å². The van der Waals surface area contributed by atoms with Crippen LogP contribution in [0.3, 0.4) is 0 Å². The van der Waals surface area contributed by atoms with Crippen molar-refractivity contribution in [2.45, 2.75) is 6.61 Å². The van der Waals surface area contributed by atoms with Crippen molar-refractivity contribution in [3.63, 3.8) is 0 Å². The van der Waals surface area contributed by atoms with E-state index in [9.17, 15) is 9.59 Å². The molecule has 0 aliphatic heterocycles. The van der Waals surface area contributed by atoms with Crippen molar-refractivity contribution in [3.8, 4) is 11.5 Å². The van der Waals surface area contributed by atoms with Crippen LogP contribution in [0.15, 0.2) is 66.0 Å². The largest absolute Gasteiger partial charge is 0.477 e. The molecular weight excluding hydrogens is 366 g/mol. The molecule has 7 heteroatoms. The number of anilines is 1. The van der Waals surface area contributed by atoms with E-state index in [1.807, 2.05) is 30.3 Å². The number of rotatable bonds is 8.